The van der Waals surface area contributed by atoms with Gasteiger partial charge in [0.2, 0.25) is 0 Å². The van der Waals surface area contributed by atoms with Crippen LogP contribution in [-0.2, 0) is 4.74 Å². The maximum absolute atomic E-state index is 11.9. The molecular formula is C12H22N4O2S. The number of hydrogen-bond donors (Lipinski definition) is 3. The second-order valence-electron chi connectivity index (χ2n) is 4.37. The van der Waals surface area contributed by atoms with Crippen molar-refractivity contribution in [3.63, 3.8) is 0 Å². The van der Waals surface area contributed by atoms with Crippen molar-refractivity contribution in [3.05, 3.63) is 4.88 Å². The van der Waals surface area contributed by atoms with Gasteiger partial charge >= 0.3 is 0 Å². The smallest absolute Gasteiger partial charge is 0.265 e. The van der Waals surface area contributed by atoms with Crippen LogP contribution in [0.3, 0.4) is 0 Å². The van der Waals surface area contributed by atoms with Crippen LogP contribution in [0.15, 0.2) is 0 Å². The lowest BCUT2D eigenvalue weighted by Gasteiger charge is -2.07. The van der Waals surface area contributed by atoms with Gasteiger partial charge in [0, 0.05) is 20.2 Å². The summed E-state index contributed by atoms with van der Waals surface area (Å²) in [6.07, 6.45) is 2.07. The summed E-state index contributed by atoms with van der Waals surface area (Å²) >= 11 is 1.26. The van der Waals surface area contributed by atoms with Gasteiger partial charge in [-0.3, -0.25) is 4.79 Å². The van der Waals surface area contributed by atoms with E-state index in [0.717, 1.165) is 19.4 Å². The second kappa shape index (κ2) is 7.96. The van der Waals surface area contributed by atoms with Gasteiger partial charge in [0.05, 0.1) is 6.10 Å². The van der Waals surface area contributed by atoms with E-state index in [9.17, 15) is 4.79 Å². The SMILES string of the molecule is CNc1nc(N)c(C(=O)NCCCCOC(C)C)s1. The van der Waals surface area contributed by atoms with E-state index in [0.29, 0.717) is 16.6 Å². The van der Waals surface area contributed by atoms with Crippen molar-refractivity contribution >= 4 is 28.2 Å². The number of aromatic nitrogens is 1. The zero-order valence-corrected chi connectivity index (χ0v) is 12.5. The number of nitrogens with one attached hydrogen (secondary N) is 2. The van der Waals surface area contributed by atoms with Gasteiger partial charge < -0.3 is 21.1 Å². The molecule has 1 aromatic heterocycles. The molecule has 1 heterocycles. The topological polar surface area (TPSA) is 89.3 Å². The lowest BCUT2D eigenvalue weighted by atomic mass is 10.3. The molecule has 0 bridgehead atoms. The van der Waals surface area contributed by atoms with Crippen molar-refractivity contribution in [2.24, 2.45) is 0 Å². The number of amides is 1. The molecule has 0 aliphatic rings. The number of thiazole rings is 1. The van der Waals surface area contributed by atoms with E-state index < -0.39 is 0 Å². The number of anilines is 2. The highest BCUT2D eigenvalue weighted by atomic mass is 32.1. The highest BCUT2D eigenvalue weighted by Gasteiger charge is 2.14. The van der Waals surface area contributed by atoms with Gasteiger partial charge in [-0.1, -0.05) is 11.3 Å². The zero-order chi connectivity index (χ0) is 14.3. The van der Waals surface area contributed by atoms with Crippen LogP contribution in [-0.4, -0.2) is 37.2 Å². The summed E-state index contributed by atoms with van der Waals surface area (Å²) in [4.78, 5) is 16.3. The van der Waals surface area contributed by atoms with Crippen LogP contribution in [0.2, 0.25) is 0 Å². The van der Waals surface area contributed by atoms with E-state index in [1.54, 1.807) is 7.05 Å². The molecule has 0 saturated carbocycles. The summed E-state index contributed by atoms with van der Waals surface area (Å²) in [6.45, 7) is 5.36. The fourth-order valence-corrected chi connectivity index (χ4v) is 2.18. The second-order valence-corrected chi connectivity index (χ2v) is 5.37. The van der Waals surface area contributed by atoms with Gasteiger partial charge in [0.1, 0.15) is 10.7 Å². The molecule has 1 aromatic rings. The average Bonchev–Trinajstić information content (AvgIpc) is 2.74. The van der Waals surface area contributed by atoms with E-state index >= 15 is 0 Å². The molecule has 0 aliphatic heterocycles. The zero-order valence-electron chi connectivity index (χ0n) is 11.7. The number of carbonyl (C=O) groups excluding carboxylic acids is 1. The number of nitrogens with two attached hydrogens (primary N) is 1. The van der Waals surface area contributed by atoms with Crippen molar-refractivity contribution in [3.8, 4) is 0 Å². The third kappa shape index (κ3) is 5.44. The Morgan fingerprint density at radius 2 is 2.21 bits per heavy atom. The van der Waals surface area contributed by atoms with Crippen LogP contribution >= 0.6 is 11.3 Å². The van der Waals surface area contributed by atoms with Gasteiger partial charge in [-0.15, -0.1) is 0 Å². The van der Waals surface area contributed by atoms with Gasteiger partial charge in [-0.25, -0.2) is 4.98 Å². The van der Waals surface area contributed by atoms with Crippen LogP contribution in [0, 0.1) is 0 Å². The first-order valence-electron chi connectivity index (χ1n) is 6.38. The summed E-state index contributed by atoms with van der Waals surface area (Å²) < 4.78 is 5.42. The summed E-state index contributed by atoms with van der Waals surface area (Å²) in [5.74, 6) is 0.108. The molecule has 0 aromatic carbocycles. The highest BCUT2D eigenvalue weighted by Crippen LogP contribution is 2.24. The highest BCUT2D eigenvalue weighted by molar-refractivity contribution is 7.18. The standard InChI is InChI=1S/C12H22N4O2S/c1-8(2)18-7-5-4-6-15-11(17)9-10(13)16-12(14-3)19-9/h8H,4-7,13H2,1-3H3,(H,14,16)(H,15,17). The van der Waals surface area contributed by atoms with Gasteiger partial charge in [-0.05, 0) is 26.7 Å². The number of ether oxygens (including phenoxy) is 1. The predicted molar refractivity (Wildman–Crippen MR) is 78.7 cm³/mol. The fraction of sp³-hybridized carbons (Fsp3) is 0.667. The maximum Gasteiger partial charge on any atom is 0.265 e. The van der Waals surface area contributed by atoms with Crippen molar-refractivity contribution < 1.29 is 9.53 Å². The summed E-state index contributed by atoms with van der Waals surface area (Å²) in [6, 6.07) is 0. The Bertz CT molecular complexity index is 406. The van der Waals surface area contributed by atoms with E-state index in [4.69, 9.17) is 10.5 Å². The molecular weight excluding hydrogens is 264 g/mol. The van der Waals surface area contributed by atoms with Crippen molar-refractivity contribution in [1.29, 1.82) is 0 Å². The number of hydrogen-bond acceptors (Lipinski definition) is 6. The third-order valence-corrected chi connectivity index (χ3v) is 3.47. The van der Waals surface area contributed by atoms with E-state index in [1.807, 2.05) is 13.8 Å². The average molecular weight is 286 g/mol. The fourth-order valence-electron chi connectivity index (χ4n) is 1.43. The van der Waals surface area contributed by atoms with Crippen LogP contribution in [0.5, 0.6) is 0 Å². The molecule has 108 valence electrons. The minimum Gasteiger partial charge on any atom is -0.382 e. The van der Waals surface area contributed by atoms with Crippen LogP contribution in [0.25, 0.3) is 0 Å². The number of rotatable bonds is 8. The quantitative estimate of drug-likeness (QED) is 0.633. The first-order chi connectivity index (χ1) is 9.04. The molecule has 0 atom stereocenters. The van der Waals surface area contributed by atoms with E-state index in [1.165, 1.54) is 11.3 Å². The Morgan fingerprint density at radius 3 is 2.79 bits per heavy atom. The predicted octanol–water partition coefficient (Wildman–Crippen LogP) is 1.70. The van der Waals surface area contributed by atoms with Crippen molar-refractivity contribution in [2.75, 3.05) is 31.2 Å². The Balaban J connectivity index is 2.25. The third-order valence-electron chi connectivity index (χ3n) is 2.38. The van der Waals surface area contributed by atoms with E-state index in [-0.39, 0.29) is 17.8 Å². The normalized spacial score (nSPS) is 10.7. The Labute approximate surface area is 117 Å². The van der Waals surface area contributed by atoms with Gasteiger partial charge in [-0.2, -0.15) is 0 Å². The summed E-state index contributed by atoms with van der Waals surface area (Å²) in [7, 11) is 1.74. The number of carbonyl (C=O) groups is 1. The molecule has 19 heavy (non-hydrogen) atoms. The molecule has 6 nitrogen and oxygen atoms in total. The molecule has 0 aliphatic carbocycles. The summed E-state index contributed by atoms with van der Waals surface area (Å²) in [5, 5.41) is 6.35. The molecule has 0 unspecified atom stereocenters. The van der Waals surface area contributed by atoms with Gasteiger partial charge in [0.25, 0.3) is 5.91 Å². The number of unbranched alkanes of at least 4 members (excludes halogenated alkanes) is 1. The Morgan fingerprint density at radius 1 is 1.47 bits per heavy atom. The van der Waals surface area contributed by atoms with Gasteiger partial charge in [0.15, 0.2) is 5.13 Å². The molecule has 7 heteroatoms. The van der Waals surface area contributed by atoms with Crippen LogP contribution in [0.1, 0.15) is 36.4 Å². The molecule has 0 spiro atoms. The molecule has 1 rings (SSSR count). The van der Waals surface area contributed by atoms with Crippen LogP contribution in [0.4, 0.5) is 10.9 Å². The number of nitrogen functional groups attached to an aromatic ring is 1. The van der Waals surface area contributed by atoms with Crippen LogP contribution < -0.4 is 16.4 Å². The molecule has 0 radical (unpaired) electrons. The Hall–Kier alpha value is -1.34. The lowest BCUT2D eigenvalue weighted by Crippen LogP contribution is -2.24. The molecule has 0 saturated heterocycles. The van der Waals surface area contributed by atoms with E-state index in [2.05, 4.69) is 15.6 Å². The first-order valence-corrected chi connectivity index (χ1v) is 7.20. The minimum atomic E-state index is -0.165. The minimum absolute atomic E-state index is 0.165. The monoisotopic (exact) mass is 286 g/mol. The Kier molecular flexibility index (Phi) is 6.58. The largest absolute Gasteiger partial charge is 0.382 e. The molecule has 1 amide bonds. The van der Waals surface area contributed by atoms with Crippen molar-refractivity contribution in [1.82, 2.24) is 10.3 Å². The molecule has 4 N–H and O–H groups in total. The number of nitrogens with zero attached hydrogens (tertiary/aromatic N) is 1. The summed E-state index contributed by atoms with van der Waals surface area (Å²) in [5.41, 5.74) is 5.68. The first kappa shape index (κ1) is 15.7. The maximum atomic E-state index is 11.9. The molecule has 0 fully saturated rings. The lowest BCUT2D eigenvalue weighted by molar-refractivity contribution is 0.0754. The van der Waals surface area contributed by atoms with Crippen molar-refractivity contribution in [2.45, 2.75) is 32.8 Å².